The van der Waals surface area contributed by atoms with Crippen molar-refractivity contribution in [1.29, 1.82) is 0 Å². The predicted molar refractivity (Wildman–Crippen MR) is 69.6 cm³/mol. The van der Waals surface area contributed by atoms with Crippen molar-refractivity contribution in [2.75, 3.05) is 5.75 Å². The van der Waals surface area contributed by atoms with Crippen molar-refractivity contribution in [3.63, 3.8) is 0 Å². The molecule has 6 nitrogen and oxygen atoms in total. The Bertz CT molecular complexity index is 598. The first-order valence-corrected chi connectivity index (χ1v) is 7.75. The summed E-state index contributed by atoms with van der Waals surface area (Å²) in [7, 11) is -3.50. The van der Waals surface area contributed by atoms with Crippen LogP contribution in [0.4, 0.5) is 0 Å². The smallest absolute Gasteiger partial charge is 0.248 e. The first kappa shape index (κ1) is 14.2. The van der Waals surface area contributed by atoms with E-state index in [-0.39, 0.29) is 17.2 Å². The Morgan fingerprint density at radius 2 is 1.89 bits per heavy atom. The summed E-state index contributed by atoms with van der Waals surface area (Å²) in [4.78, 5) is 25.3. The molecule has 2 rings (SSSR count). The monoisotopic (exact) mass is 286 g/mol. The van der Waals surface area contributed by atoms with Crippen molar-refractivity contribution in [3.8, 4) is 0 Å². The van der Waals surface area contributed by atoms with E-state index in [1.54, 1.807) is 27.7 Å². The number of sulfone groups is 1. The molecule has 0 aromatic heterocycles. The number of rotatable bonds is 1. The fourth-order valence-electron chi connectivity index (χ4n) is 2.43. The van der Waals surface area contributed by atoms with Crippen LogP contribution in [0, 0.1) is 5.41 Å². The van der Waals surface area contributed by atoms with Crippen LogP contribution in [0.2, 0.25) is 0 Å². The van der Waals surface area contributed by atoms with Crippen molar-refractivity contribution in [2.24, 2.45) is 11.1 Å². The second-order valence-corrected chi connectivity index (χ2v) is 8.24. The number of nitrogens with zero attached hydrogens (tertiary/aromatic N) is 1. The average Bonchev–Trinajstić information content (AvgIpc) is 2.24. The standard InChI is InChI=1S/C12H18N2O4S/c1-6-5-19(17,18)11-7(13)10(16)14(11)8(6)9(15)12(2,3)4/h7,11H,5,13H2,1-4H3/t7?,11-/m0/s1. The molecule has 2 heterocycles. The Balaban J connectivity index is 2.55. The highest BCUT2D eigenvalue weighted by molar-refractivity contribution is 7.92. The van der Waals surface area contributed by atoms with Gasteiger partial charge in [0.2, 0.25) is 5.91 Å². The van der Waals surface area contributed by atoms with Crippen LogP contribution in [0.15, 0.2) is 11.3 Å². The molecule has 106 valence electrons. The van der Waals surface area contributed by atoms with Gasteiger partial charge in [-0.15, -0.1) is 0 Å². The van der Waals surface area contributed by atoms with Crippen LogP contribution in [0.1, 0.15) is 27.7 Å². The molecule has 0 bridgehead atoms. The van der Waals surface area contributed by atoms with Crippen LogP contribution in [0.3, 0.4) is 0 Å². The molecule has 0 aromatic rings. The summed E-state index contributed by atoms with van der Waals surface area (Å²) in [6.07, 6.45) is 0. The fraction of sp³-hybridized carbons (Fsp3) is 0.667. The number of β-lactam (4-membered cyclic amide) rings is 1. The Morgan fingerprint density at radius 1 is 1.37 bits per heavy atom. The van der Waals surface area contributed by atoms with E-state index < -0.39 is 32.6 Å². The van der Waals surface area contributed by atoms with E-state index in [1.165, 1.54) is 0 Å². The molecule has 1 unspecified atom stereocenters. The zero-order chi connectivity index (χ0) is 14.7. The van der Waals surface area contributed by atoms with Crippen LogP contribution in [-0.4, -0.2) is 42.2 Å². The first-order chi connectivity index (χ1) is 8.48. The van der Waals surface area contributed by atoms with Crippen LogP contribution in [-0.2, 0) is 19.4 Å². The van der Waals surface area contributed by atoms with E-state index >= 15 is 0 Å². The quantitative estimate of drug-likeness (QED) is 0.673. The van der Waals surface area contributed by atoms with E-state index in [1.807, 2.05) is 0 Å². The van der Waals surface area contributed by atoms with E-state index in [0.717, 1.165) is 4.90 Å². The zero-order valence-electron chi connectivity index (χ0n) is 11.4. The molecule has 19 heavy (non-hydrogen) atoms. The number of nitrogens with two attached hydrogens (primary N) is 1. The molecule has 1 saturated heterocycles. The van der Waals surface area contributed by atoms with Crippen molar-refractivity contribution in [3.05, 3.63) is 11.3 Å². The summed E-state index contributed by atoms with van der Waals surface area (Å²) in [6, 6.07) is -1.05. The number of amides is 1. The van der Waals surface area contributed by atoms with Crippen molar-refractivity contribution >= 4 is 21.5 Å². The maximum Gasteiger partial charge on any atom is 0.248 e. The summed E-state index contributed by atoms with van der Waals surface area (Å²) in [5.41, 5.74) is 5.51. The van der Waals surface area contributed by atoms with Gasteiger partial charge in [-0.1, -0.05) is 20.8 Å². The Hall–Kier alpha value is -1.21. The normalized spacial score (nSPS) is 29.9. The molecule has 2 N–H and O–H groups in total. The molecule has 7 heteroatoms. The fourth-order valence-corrected chi connectivity index (χ4v) is 4.43. The SMILES string of the molecule is CC1=C(C(=O)C(C)(C)C)N2C(=O)C(N)[C@@H]2S(=O)(=O)C1. The molecule has 0 saturated carbocycles. The lowest BCUT2D eigenvalue weighted by atomic mass is 9.85. The number of ketones is 1. The molecular formula is C12H18N2O4S. The van der Waals surface area contributed by atoms with E-state index in [2.05, 4.69) is 0 Å². The van der Waals surface area contributed by atoms with Gasteiger partial charge in [-0.2, -0.15) is 0 Å². The molecule has 1 amide bonds. The summed E-state index contributed by atoms with van der Waals surface area (Å²) in [5.74, 6) is -0.947. The van der Waals surface area contributed by atoms with E-state index in [9.17, 15) is 18.0 Å². The highest BCUT2D eigenvalue weighted by atomic mass is 32.2. The minimum absolute atomic E-state index is 0.207. The molecule has 2 atom stereocenters. The number of Topliss-reactive ketones (excluding diaryl/α,β-unsaturated/α-hetero) is 1. The van der Waals surface area contributed by atoms with Crippen LogP contribution < -0.4 is 5.73 Å². The van der Waals surface area contributed by atoms with Crippen molar-refractivity contribution in [2.45, 2.75) is 39.1 Å². The van der Waals surface area contributed by atoms with Gasteiger partial charge in [0, 0.05) is 5.41 Å². The third-order valence-corrected chi connectivity index (χ3v) is 5.49. The zero-order valence-corrected chi connectivity index (χ0v) is 12.2. The van der Waals surface area contributed by atoms with Gasteiger partial charge < -0.3 is 5.73 Å². The Kier molecular flexibility index (Phi) is 2.91. The summed E-state index contributed by atoms with van der Waals surface area (Å²) >= 11 is 0. The lowest BCUT2D eigenvalue weighted by molar-refractivity contribution is -0.145. The summed E-state index contributed by atoms with van der Waals surface area (Å²) in [5, 5.41) is -1.08. The van der Waals surface area contributed by atoms with Gasteiger partial charge in [-0.05, 0) is 12.5 Å². The predicted octanol–water partition coefficient (Wildman–Crippen LogP) is -0.200. The van der Waals surface area contributed by atoms with Crippen LogP contribution in [0.25, 0.3) is 0 Å². The van der Waals surface area contributed by atoms with Gasteiger partial charge in [0.1, 0.15) is 6.04 Å². The van der Waals surface area contributed by atoms with Crippen molar-refractivity contribution < 1.29 is 18.0 Å². The molecule has 2 aliphatic heterocycles. The molecule has 1 fully saturated rings. The number of carbonyl (C=O) groups is 2. The number of hydrogen-bond donors (Lipinski definition) is 1. The van der Waals surface area contributed by atoms with Crippen molar-refractivity contribution in [1.82, 2.24) is 4.90 Å². The topological polar surface area (TPSA) is 97.5 Å². The second-order valence-electron chi connectivity index (χ2n) is 6.14. The van der Waals surface area contributed by atoms with E-state index in [0.29, 0.717) is 5.57 Å². The Morgan fingerprint density at radius 3 is 2.37 bits per heavy atom. The number of hydrogen-bond acceptors (Lipinski definition) is 5. The number of allylic oxidation sites excluding steroid dienone is 1. The third kappa shape index (κ3) is 1.92. The van der Waals surface area contributed by atoms with Gasteiger partial charge >= 0.3 is 0 Å². The number of carbonyl (C=O) groups excluding carboxylic acids is 2. The molecule has 0 spiro atoms. The summed E-state index contributed by atoms with van der Waals surface area (Å²) < 4.78 is 24.0. The molecular weight excluding hydrogens is 268 g/mol. The highest BCUT2D eigenvalue weighted by Gasteiger charge is 2.58. The van der Waals surface area contributed by atoms with Crippen LogP contribution >= 0.6 is 0 Å². The molecule has 0 radical (unpaired) electrons. The third-order valence-electron chi connectivity index (χ3n) is 3.41. The lowest BCUT2D eigenvalue weighted by Crippen LogP contribution is -2.73. The van der Waals surface area contributed by atoms with Gasteiger partial charge in [0.25, 0.3) is 0 Å². The van der Waals surface area contributed by atoms with Gasteiger partial charge in [-0.3, -0.25) is 14.5 Å². The van der Waals surface area contributed by atoms with Gasteiger partial charge in [-0.25, -0.2) is 8.42 Å². The minimum Gasteiger partial charge on any atom is -0.317 e. The van der Waals surface area contributed by atoms with Gasteiger partial charge in [0.05, 0.1) is 11.4 Å². The second kappa shape index (κ2) is 3.89. The maximum absolute atomic E-state index is 12.4. The maximum atomic E-state index is 12.4. The summed E-state index contributed by atoms with van der Waals surface area (Å²) in [6.45, 7) is 6.78. The first-order valence-electron chi connectivity index (χ1n) is 6.03. The molecule has 2 aliphatic rings. The molecule has 0 aliphatic carbocycles. The van der Waals surface area contributed by atoms with E-state index in [4.69, 9.17) is 5.73 Å². The highest BCUT2D eigenvalue weighted by Crippen LogP contribution is 2.38. The van der Waals surface area contributed by atoms with Crippen LogP contribution in [0.5, 0.6) is 0 Å². The number of fused-ring (bicyclic) bond motifs is 1. The average molecular weight is 286 g/mol. The largest absolute Gasteiger partial charge is 0.317 e. The van der Waals surface area contributed by atoms with Gasteiger partial charge in [0.15, 0.2) is 21.0 Å². The minimum atomic E-state index is -3.50. The molecule has 0 aromatic carbocycles. The lowest BCUT2D eigenvalue weighted by Gasteiger charge is -2.48. The Labute approximate surface area is 112 Å².